The molecule has 0 fully saturated rings. The van der Waals surface area contributed by atoms with E-state index in [4.69, 9.17) is 0 Å². The normalized spacial score (nSPS) is 12.4. The summed E-state index contributed by atoms with van der Waals surface area (Å²) in [4.78, 5) is 43.9. The molecule has 0 radical (unpaired) electrons. The summed E-state index contributed by atoms with van der Waals surface area (Å²) in [6, 6.07) is 33.5. The van der Waals surface area contributed by atoms with Gasteiger partial charge in [0.25, 0.3) is 22.7 Å². The van der Waals surface area contributed by atoms with Gasteiger partial charge in [-0.25, -0.2) is 0 Å². The maximum Gasteiger partial charge on any atom is 0.271 e. The van der Waals surface area contributed by atoms with Crippen molar-refractivity contribution < 1.29 is 40.1 Å². The molecule has 8 aromatic rings. The summed E-state index contributed by atoms with van der Waals surface area (Å²) in [6.07, 6.45) is -0.939. The first kappa shape index (κ1) is 49.9. The number of azo groups is 4. The van der Waals surface area contributed by atoms with E-state index in [1.54, 1.807) is 0 Å². The van der Waals surface area contributed by atoms with Gasteiger partial charge in [-0.15, -0.1) is 0 Å². The van der Waals surface area contributed by atoms with Gasteiger partial charge in [-0.1, -0.05) is 24.3 Å². The minimum Gasteiger partial charge on any atom is -0.507 e. The number of aromatic hydroxyl groups is 4. The molecule has 0 heterocycles. The van der Waals surface area contributed by atoms with E-state index in [2.05, 4.69) is 40.9 Å². The quantitative estimate of drug-likeness (QED) is 0.0504. The van der Waals surface area contributed by atoms with E-state index >= 15 is 0 Å². The highest BCUT2D eigenvalue weighted by atomic mass is 16.6. The van der Waals surface area contributed by atoms with Crippen LogP contribution in [0.2, 0.25) is 0 Å². The third-order valence-corrected chi connectivity index (χ3v) is 11.8. The van der Waals surface area contributed by atoms with Crippen LogP contribution >= 0.6 is 0 Å². The third kappa shape index (κ3) is 11.5. The summed E-state index contributed by atoms with van der Waals surface area (Å²) in [5, 5.41) is 129. The van der Waals surface area contributed by atoms with Crippen LogP contribution in [0.4, 0.5) is 68.2 Å². The highest BCUT2D eigenvalue weighted by molar-refractivity contribution is 5.64. The van der Waals surface area contributed by atoms with Crippen molar-refractivity contribution in [2.24, 2.45) is 40.9 Å². The minimum atomic E-state index is -0.587. The lowest BCUT2D eigenvalue weighted by Gasteiger charge is -2.18. The second kappa shape index (κ2) is 21.4. The lowest BCUT2D eigenvalue weighted by atomic mass is 9.90. The van der Waals surface area contributed by atoms with Crippen LogP contribution in [0.5, 0.6) is 23.0 Å². The average molecular weight is 1020 g/mol. The average Bonchev–Trinajstić information content (AvgIpc) is 3.41. The fraction of sp³-hybridized carbons (Fsp3) is 0.0769. The number of phenols is 4. The zero-order valence-electron chi connectivity index (χ0n) is 39.1. The van der Waals surface area contributed by atoms with Gasteiger partial charge in [0.15, 0.2) is 0 Å². The fourth-order valence-corrected chi connectivity index (χ4v) is 8.23. The fourth-order valence-electron chi connectivity index (χ4n) is 8.23. The van der Waals surface area contributed by atoms with Gasteiger partial charge >= 0.3 is 0 Å². The number of non-ortho nitro benzene ring substituents is 4. The molecule has 9 rings (SSSR count). The van der Waals surface area contributed by atoms with Crippen molar-refractivity contribution in [3.05, 3.63) is 231 Å². The smallest absolute Gasteiger partial charge is 0.271 e. The number of nitro groups is 4. The van der Waals surface area contributed by atoms with Crippen LogP contribution < -0.4 is 0 Å². The van der Waals surface area contributed by atoms with Crippen molar-refractivity contribution in [2.45, 2.75) is 25.7 Å². The van der Waals surface area contributed by atoms with E-state index < -0.39 is 19.7 Å². The van der Waals surface area contributed by atoms with E-state index in [1.165, 1.54) is 146 Å². The standard InChI is InChI=1S/C52H36N12O12/c65-49-29-13-31-19-42(58-54-38-6-2-10-46(26-38)62(71)72)21-33(50(31)66)15-35-23-44(60-56-40-8-4-12-48(28-40)64(75)76)24-36(52(35)68)16-34-22-43(59-55-39-7-3-11-47(27-39)63(73)74)20-32(51(34)67)14-30(49)18-41(17-29)57-53-37-5-1-9-45(25-37)61(69)70/h1-12,17-28,65-68H,13-16H2. The number of hydrogen-bond acceptors (Lipinski definition) is 20. The van der Waals surface area contributed by atoms with Gasteiger partial charge in [-0.2, -0.15) is 40.9 Å². The molecule has 376 valence electrons. The Bertz CT molecular complexity index is 3240. The molecule has 0 aromatic heterocycles. The number of phenolic OH excluding ortho intramolecular Hbond substituents is 4. The van der Waals surface area contributed by atoms with Crippen molar-refractivity contribution in [1.29, 1.82) is 0 Å². The summed E-state index contributed by atoms with van der Waals surface area (Å²) < 4.78 is 0. The molecule has 1 aliphatic carbocycles. The monoisotopic (exact) mass is 1020 g/mol. The van der Waals surface area contributed by atoms with Crippen molar-refractivity contribution in [1.82, 2.24) is 0 Å². The number of nitrogens with zero attached hydrogens (tertiary/aromatic N) is 12. The Hall–Kier alpha value is -11.0. The molecule has 4 N–H and O–H groups in total. The number of benzene rings is 8. The van der Waals surface area contributed by atoms with Crippen molar-refractivity contribution in [3.8, 4) is 23.0 Å². The van der Waals surface area contributed by atoms with Gasteiger partial charge in [-0.3, -0.25) is 40.5 Å². The van der Waals surface area contributed by atoms with E-state index in [0.717, 1.165) is 0 Å². The molecule has 0 unspecified atom stereocenters. The van der Waals surface area contributed by atoms with Crippen molar-refractivity contribution in [3.63, 3.8) is 0 Å². The van der Waals surface area contributed by atoms with Gasteiger partial charge in [-0.05, 0) is 72.8 Å². The largest absolute Gasteiger partial charge is 0.507 e. The second-order valence-electron chi connectivity index (χ2n) is 17.1. The molecule has 76 heavy (non-hydrogen) atoms. The molecule has 0 saturated heterocycles. The van der Waals surface area contributed by atoms with Crippen LogP contribution in [0.25, 0.3) is 0 Å². The summed E-state index contributed by atoms with van der Waals surface area (Å²) >= 11 is 0. The first-order valence-electron chi connectivity index (χ1n) is 22.6. The Morgan fingerprint density at radius 2 is 0.447 bits per heavy atom. The summed E-state index contributed by atoms with van der Waals surface area (Å²) in [7, 11) is 0. The summed E-state index contributed by atoms with van der Waals surface area (Å²) in [5.74, 6) is -1.18. The zero-order valence-corrected chi connectivity index (χ0v) is 39.1. The first-order valence-corrected chi connectivity index (χ1v) is 22.6. The summed E-state index contributed by atoms with van der Waals surface area (Å²) in [5.41, 5.74) is 1.50. The lowest BCUT2D eigenvalue weighted by molar-refractivity contribution is -0.385. The molecule has 24 heteroatoms. The number of rotatable bonds is 12. The Morgan fingerprint density at radius 1 is 0.276 bits per heavy atom. The van der Waals surface area contributed by atoms with Crippen LogP contribution in [-0.2, 0) is 25.7 Å². The van der Waals surface area contributed by atoms with Crippen molar-refractivity contribution in [2.75, 3.05) is 0 Å². The van der Waals surface area contributed by atoms with Gasteiger partial charge in [0, 0.05) is 119 Å². The molecule has 8 bridgehead atoms. The van der Waals surface area contributed by atoms with Gasteiger partial charge in [0.2, 0.25) is 0 Å². The molecule has 24 nitrogen and oxygen atoms in total. The zero-order chi connectivity index (χ0) is 53.6. The molecule has 0 spiro atoms. The van der Waals surface area contributed by atoms with Crippen LogP contribution in [-0.4, -0.2) is 40.1 Å². The maximum atomic E-state index is 12.2. The predicted octanol–water partition coefficient (Wildman–Crippen LogP) is 14.5. The van der Waals surface area contributed by atoms with E-state index in [9.17, 15) is 60.9 Å². The van der Waals surface area contributed by atoms with Crippen LogP contribution in [0.1, 0.15) is 44.5 Å². The highest BCUT2D eigenvalue weighted by Crippen LogP contribution is 2.43. The molecule has 0 amide bonds. The van der Waals surface area contributed by atoms with E-state index in [0.29, 0.717) is 0 Å². The number of hydrogen-bond donors (Lipinski definition) is 4. The number of nitro benzene ring substituents is 4. The molecule has 0 saturated carbocycles. The second-order valence-corrected chi connectivity index (χ2v) is 17.1. The summed E-state index contributed by atoms with van der Waals surface area (Å²) in [6.45, 7) is 0. The molecule has 1 aliphatic rings. The van der Waals surface area contributed by atoms with Crippen LogP contribution in [0.3, 0.4) is 0 Å². The lowest BCUT2D eigenvalue weighted by Crippen LogP contribution is -2.01. The van der Waals surface area contributed by atoms with Gasteiger partial charge < -0.3 is 20.4 Å². The van der Waals surface area contributed by atoms with Gasteiger partial charge in [0.05, 0.1) is 65.2 Å². The SMILES string of the molecule is O=[N+]([O-])c1cccc(N=Nc2cc3c(O)c(c2)Cc2cc(N=Nc4cccc([N+](=O)[O-])c4)cc(c2O)Cc2cc(N=Nc4cccc([N+](=O)[O-])c4)cc(c2O)Cc2cc(N=Nc4cccc([N+](=O)[O-])c4)cc(c2O)C3)c1. The molecular weight excluding hydrogens is 985 g/mol. The van der Waals surface area contributed by atoms with Crippen LogP contribution in [0, 0.1) is 40.5 Å². The molecule has 8 aromatic carbocycles. The first-order chi connectivity index (χ1) is 36.5. The van der Waals surface area contributed by atoms with Gasteiger partial charge in [0.1, 0.15) is 23.0 Å². The Morgan fingerprint density at radius 3 is 0.618 bits per heavy atom. The molecular formula is C52H36N12O12. The Labute approximate surface area is 427 Å². The number of fused-ring (bicyclic) bond motifs is 8. The Kier molecular flexibility index (Phi) is 14.0. The minimum absolute atomic E-state index is 0.133. The van der Waals surface area contributed by atoms with E-state index in [-0.39, 0.29) is 161 Å². The third-order valence-electron chi connectivity index (χ3n) is 11.8. The maximum absolute atomic E-state index is 12.2. The molecule has 0 aliphatic heterocycles. The topological polar surface area (TPSA) is 352 Å². The Balaban J connectivity index is 1.24. The molecule has 0 atom stereocenters. The van der Waals surface area contributed by atoms with E-state index in [1.807, 2.05) is 0 Å². The van der Waals surface area contributed by atoms with Crippen molar-refractivity contribution >= 4 is 68.2 Å². The van der Waals surface area contributed by atoms with Crippen LogP contribution in [0.15, 0.2) is 187 Å². The highest BCUT2D eigenvalue weighted by Gasteiger charge is 2.23. The predicted molar refractivity (Wildman–Crippen MR) is 273 cm³/mol.